The number of ether oxygens (including phenoxy) is 3. The smallest absolute Gasteiger partial charge is 0.331 e. The van der Waals surface area contributed by atoms with Crippen molar-refractivity contribution in [3.8, 4) is 0 Å². The van der Waals surface area contributed by atoms with Crippen LogP contribution in [0.1, 0.15) is 33.6 Å². The number of esters is 2. The predicted octanol–water partition coefficient (Wildman–Crippen LogP) is 2.48. The summed E-state index contributed by atoms with van der Waals surface area (Å²) in [4.78, 5) is 40.4. The first-order chi connectivity index (χ1) is 16.3. The Kier molecular flexibility index (Phi) is 7.08. The van der Waals surface area contributed by atoms with Crippen LogP contribution in [-0.2, 0) is 28.6 Å². The first-order valence-corrected chi connectivity index (χ1v) is 11.6. The maximum absolute atomic E-state index is 13.1. The molecule has 1 aromatic rings. The summed E-state index contributed by atoms with van der Waals surface area (Å²) < 4.78 is 16.8. The van der Waals surface area contributed by atoms with Gasteiger partial charge in [-0.05, 0) is 38.1 Å². The Labute approximate surface area is 199 Å². The molecule has 10 nitrogen and oxygen atoms in total. The van der Waals surface area contributed by atoms with E-state index in [2.05, 4.69) is 11.8 Å². The van der Waals surface area contributed by atoms with Gasteiger partial charge in [0.2, 0.25) is 11.8 Å². The lowest BCUT2D eigenvalue weighted by Gasteiger charge is -2.36. The van der Waals surface area contributed by atoms with E-state index in [9.17, 15) is 9.59 Å². The van der Waals surface area contributed by atoms with Crippen molar-refractivity contribution >= 4 is 23.5 Å². The summed E-state index contributed by atoms with van der Waals surface area (Å²) in [6, 6.07) is 9.53. The highest BCUT2D eigenvalue weighted by Crippen LogP contribution is 2.31. The van der Waals surface area contributed by atoms with Crippen molar-refractivity contribution in [1.82, 2.24) is 9.96 Å². The average molecular weight is 473 g/mol. The van der Waals surface area contributed by atoms with Crippen molar-refractivity contribution in [2.75, 3.05) is 38.4 Å². The Bertz CT molecular complexity index is 943. The average Bonchev–Trinajstić information content (AvgIpc) is 3.46. The quantitative estimate of drug-likeness (QED) is 0.257. The van der Waals surface area contributed by atoms with Gasteiger partial charge >= 0.3 is 11.9 Å². The van der Waals surface area contributed by atoms with Gasteiger partial charge in [-0.1, -0.05) is 25.1 Å². The number of nitrogens with zero attached hydrogens (tertiary/aromatic N) is 4. The Morgan fingerprint density at radius 3 is 2.53 bits per heavy atom. The number of carbonyl (C=O) groups excluding carboxylic acids is 2. The van der Waals surface area contributed by atoms with Crippen LogP contribution in [-0.4, -0.2) is 73.0 Å². The molecule has 1 atom stereocenters. The van der Waals surface area contributed by atoms with E-state index in [-0.39, 0.29) is 18.6 Å². The number of para-hydroxylation sites is 1. The van der Waals surface area contributed by atoms with E-state index in [1.165, 1.54) is 26.0 Å². The maximum Gasteiger partial charge on any atom is 0.331 e. The molecule has 184 valence electrons. The largest absolute Gasteiger partial charge is 0.454 e. The van der Waals surface area contributed by atoms with Gasteiger partial charge in [0.1, 0.15) is 5.84 Å². The number of carbonyl (C=O) groups is 2. The van der Waals surface area contributed by atoms with Crippen LogP contribution in [0.5, 0.6) is 0 Å². The van der Waals surface area contributed by atoms with E-state index in [1.54, 1.807) is 11.1 Å². The predicted molar refractivity (Wildman–Crippen MR) is 124 cm³/mol. The second kappa shape index (κ2) is 10.0. The number of benzene rings is 1. The van der Waals surface area contributed by atoms with Crippen molar-refractivity contribution < 1.29 is 28.6 Å². The third-order valence-electron chi connectivity index (χ3n) is 6.08. The summed E-state index contributed by atoms with van der Waals surface area (Å²) in [6.45, 7) is 7.68. The normalized spacial score (nSPS) is 23.4. The zero-order valence-corrected chi connectivity index (χ0v) is 20.1. The second-order valence-corrected chi connectivity index (χ2v) is 8.81. The van der Waals surface area contributed by atoms with Crippen LogP contribution < -0.4 is 4.90 Å². The summed E-state index contributed by atoms with van der Waals surface area (Å²) in [6.07, 6.45) is 3.74. The van der Waals surface area contributed by atoms with Crippen molar-refractivity contribution in [2.45, 2.75) is 45.4 Å². The van der Waals surface area contributed by atoms with Crippen molar-refractivity contribution in [2.24, 2.45) is 10.9 Å². The van der Waals surface area contributed by atoms with Gasteiger partial charge in [0.05, 0.1) is 25.5 Å². The molecule has 3 heterocycles. The van der Waals surface area contributed by atoms with Gasteiger partial charge in [0, 0.05) is 19.9 Å². The van der Waals surface area contributed by atoms with Crippen LogP contribution in [0.25, 0.3) is 0 Å². The first-order valence-electron chi connectivity index (χ1n) is 11.6. The summed E-state index contributed by atoms with van der Waals surface area (Å²) in [5.74, 6) is -3.54. The lowest BCUT2D eigenvalue weighted by Crippen LogP contribution is -2.53. The number of aliphatic imine (C=N–C) groups is 1. The van der Waals surface area contributed by atoms with Crippen LogP contribution in [0.4, 0.5) is 5.69 Å². The fraction of sp³-hybridized carbons (Fsp3) is 0.542. The monoisotopic (exact) mass is 472 g/mol. The third-order valence-corrected chi connectivity index (χ3v) is 6.08. The van der Waals surface area contributed by atoms with Gasteiger partial charge < -0.3 is 14.2 Å². The fourth-order valence-electron chi connectivity index (χ4n) is 4.44. The number of hydroxylamine groups is 2. The molecule has 0 bridgehead atoms. The summed E-state index contributed by atoms with van der Waals surface area (Å²) >= 11 is 0. The molecule has 0 aliphatic carbocycles. The van der Waals surface area contributed by atoms with Crippen molar-refractivity contribution in [1.29, 1.82) is 0 Å². The lowest BCUT2D eigenvalue weighted by atomic mass is 10.0. The molecule has 0 amide bonds. The van der Waals surface area contributed by atoms with E-state index in [0.29, 0.717) is 18.1 Å². The van der Waals surface area contributed by atoms with Gasteiger partial charge in [0.25, 0.3) is 5.79 Å². The number of anilines is 1. The van der Waals surface area contributed by atoms with Crippen LogP contribution in [0, 0.1) is 5.92 Å². The second-order valence-electron chi connectivity index (χ2n) is 8.81. The number of cyclic esters (lactones) is 2. The van der Waals surface area contributed by atoms with E-state index in [0.717, 1.165) is 25.9 Å². The van der Waals surface area contributed by atoms with Gasteiger partial charge in [-0.15, -0.1) is 0 Å². The highest BCUT2D eigenvalue weighted by molar-refractivity contribution is 6.22. The molecule has 34 heavy (non-hydrogen) atoms. The standard InChI is InChI=1S/C24H32N4O6/c1-5-26-13-9-12-18(26)14-25-21(20-22(29)33-24(2,3)34-23(20)30)28(17-10-7-6-8-11-17)19-15-27(31-4)16-32-19/h6-8,10-11,15,18,20H,5,9,12-14,16H2,1-4H3. The lowest BCUT2D eigenvalue weighted by molar-refractivity contribution is -0.235. The summed E-state index contributed by atoms with van der Waals surface area (Å²) in [7, 11) is 1.53. The molecule has 0 aromatic heterocycles. The van der Waals surface area contributed by atoms with Gasteiger partial charge in [-0.25, -0.2) is 5.06 Å². The molecule has 10 heteroatoms. The number of likely N-dealkylation sites (tertiary alicyclic amines) is 1. The molecule has 0 radical (unpaired) electrons. The Balaban J connectivity index is 1.78. The molecule has 2 fully saturated rings. The van der Waals surface area contributed by atoms with Crippen molar-refractivity contribution in [3.05, 3.63) is 42.4 Å². The molecule has 0 spiro atoms. The molecule has 1 aromatic carbocycles. The van der Waals surface area contributed by atoms with E-state index < -0.39 is 23.6 Å². The highest BCUT2D eigenvalue weighted by Gasteiger charge is 2.49. The Hall–Kier alpha value is -3.11. The molecule has 0 saturated carbocycles. The van der Waals surface area contributed by atoms with E-state index in [4.69, 9.17) is 24.0 Å². The van der Waals surface area contributed by atoms with Gasteiger partial charge in [-0.2, -0.15) is 0 Å². The molecule has 1 unspecified atom stereocenters. The van der Waals surface area contributed by atoms with Crippen LogP contribution in [0.15, 0.2) is 47.4 Å². The molecule has 2 saturated heterocycles. The van der Waals surface area contributed by atoms with Crippen LogP contribution in [0.3, 0.4) is 0 Å². The zero-order valence-electron chi connectivity index (χ0n) is 20.1. The Morgan fingerprint density at radius 1 is 1.21 bits per heavy atom. The first kappa shape index (κ1) is 24.0. The van der Waals surface area contributed by atoms with Gasteiger partial charge in [-0.3, -0.25) is 29.2 Å². The zero-order chi connectivity index (χ0) is 24.3. The number of amidine groups is 1. The minimum atomic E-state index is -1.36. The highest BCUT2D eigenvalue weighted by atomic mass is 16.7. The van der Waals surface area contributed by atoms with E-state index >= 15 is 0 Å². The molecule has 3 aliphatic heterocycles. The number of hydrogen-bond donors (Lipinski definition) is 0. The number of hydrogen-bond acceptors (Lipinski definition) is 9. The van der Waals surface area contributed by atoms with Crippen LogP contribution >= 0.6 is 0 Å². The fourth-order valence-corrected chi connectivity index (χ4v) is 4.44. The molecule has 3 aliphatic rings. The number of likely N-dealkylation sites (N-methyl/N-ethyl adjacent to an activating group) is 1. The maximum atomic E-state index is 13.1. The van der Waals surface area contributed by atoms with Crippen LogP contribution in [0.2, 0.25) is 0 Å². The summed E-state index contributed by atoms with van der Waals surface area (Å²) in [5, 5.41) is 1.50. The SMILES string of the molecule is CCN1CCCC1CN=C(C1C(=O)OC(C)(C)OC1=O)N(C1=CN(OC)CO1)c1ccccc1. The third kappa shape index (κ3) is 5.02. The summed E-state index contributed by atoms with van der Waals surface area (Å²) in [5.41, 5.74) is 0.676. The van der Waals surface area contributed by atoms with E-state index in [1.807, 2.05) is 30.3 Å². The topological polar surface area (TPSA) is 93.1 Å². The van der Waals surface area contributed by atoms with Gasteiger partial charge in [0.15, 0.2) is 6.73 Å². The molecule has 0 N–H and O–H groups in total. The van der Waals surface area contributed by atoms with Crippen molar-refractivity contribution in [3.63, 3.8) is 0 Å². The molecular weight excluding hydrogens is 440 g/mol. The minimum absolute atomic E-state index is 0.154. The Morgan fingerprint density at radius 2 is 1.91 bits per heavy atom. The minimum Gasteiger partial charge on any atom is -0.454 e. The molecular formula is C24H32N4O6. The molecule has 4 rings (SSSR count). The number of rotatable bonds is 7.